The first-order valence-electron chi connectivity index (χ1n) is 6.89. The molecule has 1 heterocycles. The van der Waals surface area contributed by atoms with Crippen LogP contribution in [0.2, 0.25) is 0 Å². The number of nitrogens with two attached hydrogens (primary N) is 1. The van der Waals surface area contributed by atoms with Gasteiger partial charge in [-0.2, -0.15) is 0 Å². The molecule has 0 spiro atoms. The van der Waals surface area contributed by atoms with Crippen LogP contribution in [0.15, 0.2) is 30.3 Å². The van der Waals surface area contributed by atoms with Crippen LogP contribution >= 0.6 is 0 Å². The largest absolute Gasteiger partial charge is 0.373 e. The van der Waals surface area contributed by atoms with E-state index in [0.717, 1.165) is 25.0 Å². The maximum atomic E-state index is 12.3. The van der Waals surface area contributed by atoms with E-state index in [1.807, 2.05) is 37.3 Å². The predicted octanol–water partition coefficient (Wildman–Crippen LogP) is 1.62. The number of nitrogens with one attached hydrogen (secondary N) is 1. The van der Waals surface area contributed by atoms with Crippen LogP contribution in [0.5, 0.6) is 0 Å². The smallest absolute Gasteiger partial charge is 0.226 e. The lowest BCUT2D eigenvalue weighted by Gasteiger charge is -2.32. The Hall–Kier alpha value is -1.39. The van der Waals surface area contributed by atoms with Crippen LogP contribution in [0.3, 0.4) is 0 Å². The summed E-state index contributed by atoms with van der Waals surface area (Å²) >= 11 is 0. The second kappa shape index (κ2) is 6.68. The third-order valence-corrected chi connectivity index (χ3v) is 3.53. The van der Waals surface area contributed by atoms with Gasteiger partial charge in [0, 0.05) is 19.2 Å². The number of hydrogen-bond acceptors (Lipinski definition) is 3. The third-order valence-electron chi connectivity index (χ3n) is 3.53. The molecular formula is C15H22N2O2. The Morgan fingerprint density at radius 3 is 2.89 bits per heavy atom. The molecule has 3 N–H and O–H groups in total. The summed E-state index contributed by atoms with van der Waals surface area (Å²) in [5, 5.41) is 2.96. The SMILES string of the molecule is C[C@@H](CN)NC(=O)C1CCCOC1c1ccccc1. The van der Waals surface area contributed by atoms with Crippen molar-refractivity contribution in [3.05, 3.63) is 35.9 Å². The molecule has 2 unspecified atom stereocenters. The Bertz CT molecular complexity index is 408. The Morgan fingerprint density at radius 1 is 1.47 bits per heavy atom. The monoisotopic (exact) mass is 262 g/mol. The lowest BCUT2D eigenvalue weighted by Crippen LogP contribution is -2.44. The topological polar surface area (TPSA) is 64.3 Å². The lowest BCUT2D eigenvalue weighted by atomic mass is 9.88. The summed E-state index contributed by atoms with van der Waals surface area (Å²) < 4.78 is 5.82. The number of carbonyl (C=O) groups is 1. The lowest BCUT2D eigenvalue weighted by molar-refractivity contribution is -0.135. The molecule has 1 saturated heterocycles. The normalized spacial score (nSPS) is 24.7. The Morgan fingerprint density at radius 2 is 2.21 bits per heavy atom. The number of rotatable bonds is 4. The van der Waals surface area contributed by atoms with E-state index < -0.39 is 0 Å². The molecule has 2 rings (SSSR count). The third kappa shape index (κ3) is 3.55. The molecule has 0 aromatic heterocycles. The summed E-state index contributed by atoms with van der Waals surface area (Å²) in [4.78, 5) is 12.3. The van der Waals surface area contributed by atoms with Crippen molar-refractivity contribution in [3.8, 4) is 0 Å². The number of amides is 1. The van der Waals surface area contributed by atoms with E-state index >= 15 is 0 Å². The van der Waals surface area contributed by atoms with Gasteiger partial charge in [-0.25, -0.2) is 0 Å². The van der Waals surface area contributed by atoms with Crippen LogP contribution in [0, 0.1) is 5.92 Å². The average molecular weight is 262 g/mol. The van der Waals surface area contributed by atoms with E-state index in [0.29, 0.717) is 6.54 Å². The molecule has 1 fully saturated rings. The Labute approximate surface area is 114 Å². The Kier molecular flexibility index (Phi) is 4.93. The number of carbonyl (C=O) groups excluding carboxylic acids is 1. The van der Waals surface area contributed by atoms with E-state index in [-0.39, 0.29) is 24.0 Å². The summed E-state index contributed by atoms with van der Waals surface area (Å²) in [6.45, 7) is 3.09. The maximum Gasteiger partial charge on any atom is 0.226 e. The minimum atomic E-state index is -0.139. The van der Waals surface area contributed by atoms with Gasteiger partial charge in [0.05, 0.1) is 12.0 Å². The summed E-state index contributed by atoms with van der Waals surface area (Å²) in [7, 11) is 0. The quantitative estimate of drug-likeness (QED) is 0.866. The highest BCUT2D eigenvalue weighted by Crippen LogP contribution is 2.33. The molecule has 1 aliphatic heterocycles. The first-order chi connectivity index (χ1) is 9.22. The highest BCUT2D eigenvalue weighted by Gasteiger charge is 2.33. The van der Waals surface area contributed by atoms with Gasteiger partial charge in [-0.15, -0.1) is 0 Å². The second-order valence-corrected chi connectivity index (χ2v) is 5.10. The zero-order valence-electron chi connectivity index (χ0n) is 11.3. The van der Waals surface area contributed by atoms with Crippen molar-refractivity contribution in [2.45, 2.75) is 31.9 Å². The summed E-state index contributed by atoms with van der Waals surface area (Å²) in [6.07, 6.45) is 1.65. The van der Waals surface area contributed by atoms with Gasteiger partial charge in [-0.3, -0.25) is 4.79 Å². The van der Waals surface area contributed by atoms with Crippen molar-refractivity contribution in [1.29, 1.82) is 0 Å². The van der Waals surface area contributed by atoms with Crippen molar-refractivity contribution < 1.29 is 9.53 Å². The molecule has 1 aromatic rings. The van der Waals surface area contributed by atoms with Crippen LogP contribution in [-0.4, -0.2) is 25.1 Å². The van der Waals surface area contributed by atoms with Crippen LogP contribution in [0.25, 0.3) is 0 Å². The summed E-state index contributed by atoms with van der Waals surface area (Å²) in [5.41, 5.74) is 6.62. The van der Waals surface area contributed by atoms with E-state index in [1.54, 1.807) is 0 Å². The van der Waals surface area contributed by atoms with Gasteiger partial charge in [-0.05, 0) is 25.3 Å². The molecule has 4 nitrogen and oxygen atoms in total. The standard InChI is InChI=1S/C15H22N2O2/c1-11(10-16)17-15(18)13-8-5-9-19-14(13)12-6-3-2-4-7-12/h2-4,6-7,11,13-14H,5,8-10,16H2,1H3,(H,17,18)/t11-,13?,14?/m0/s1. The fourth-order valence-corrected chi connectivity index (χ4v) is 2.43. The van der Waals surface area contributed by atoms with Crippen molar-refractivity contribution in [2.75, 3.05) is 13.2 Å². The highest BCUT2D eigenvalue weighted by molar-refractivity contribution is 5.79. The molecule has 104 valence electrons. The van der Waals surface area contributed by atoms with Crippen LogP contribution < -0.4 is 11.1 Å². The van der Waals surface area contributed by atoms with Gasteiger partial charge < -0.3 is 15.8 Å². The van der Waals surface area contributed by atoms with Crippen LogP contribution in [0.1, 0.15) is 31.4 Å². The first kappa shape index (κ1) is 14.0. The first-order valence-corrected chi connectivity index (χ1v) is 6.89. The molecule has 1 aliphatic rings. The van der Waals surface area contributed by atoms with E-state index in [4.69, 9.17) is 10.5 Å². The zero-order valence-corrected chi connectivity index (χ0v) is 11.3. The molecule has 1 aromatic carbocycles. The molecular weight excluding hydrogens is 240 g/mol. The fourth-order valence-electron chi connectivity index (χ4n) is 2.43. The molecule has 0 aliphatic carbocycles. The number of benzene rings is 1. The average Bonchev–Trinajstić information content (AvgIpc) is 2.48. The van der Waals surface area contributed by atoms with E-state index in [2.05, 4.69) is 5.32 Å². The van der Waals surface area contributed by atoms with Gasteiger partial charge in [0.15, 0.2) is 0 Å². The van der Waals surface area contributed by atoms with Crippen LogP contribution in [0.4, 0.5) is 0 Å². The van der Waals surface area contributed by atoms with Crippen molar-refractivity contribution in [1.82, 2.24) is 5.32 Å². The van der Waals surface area contributed by atoms with Crippen molar-refractivity contribution in [2.24, 2.45) is 11.7 Å². The zero-order chi connectivity index (χ0) is 13.7. The van der Waals surface area contributed by atoms with Gasteiger partial charge >= 0.3 is 0 Å². The molecule has 1 amide bonds. The fraction of sp³-hybridized carbons (Fsp3) is 0.533. The second-order valence-electron chi connectivity index (χ2n) is 5.10. The molecule has 4 heteroatoms. The molecule has 19 heavy (non-hydrogen) atoms. The van der Waals surface area contributed by atoms with Gasteiger partial charge in [-0.1, -0.05) is 30.3 Å². The van der Waals surface area contributed by atoms with E-state index in [1.165, 1.54) is 0 Å². The van der Waals surface area contributed by atoms with E-state index in [9.17, 15) is 4.79 Å². The minimum Gasteiger partial charge on any atom is -0.373 e. The van der Waals surface area contributed by atoms with Crippen molar-refractivity contribution in [3.63, 3.8) is 0 Å². The summed E-state index contributed by atoms with van der Waals surface area (Å²) in [6, 6.07) is 9.96. The van der Waals surface area contributed by atoms with Crippen molar-refractivity contribution >= 4 is 5.91 Å². The number of hydrogen-bond donors (Lipinski definition) is 2. The van der Waals surface area contributed by atoms with Crippen LogP contribution in [-0.2, 0) is 9.53 Å². The van der Waals surface area contributed by atoms with Gasteiger partial charge in [0.25, 0.3) is 0 Å². The summed E-state index contributed by atoms with van der Waals surface area (Å²) in [5.74, 6) is -0.0725. The minimum absolute atomic E-state index is 0.00542. The molecule has 0 radical (unpaired) electrons. The predicted molar refractivity (Wildman–Crippen MR) is 74.5 cm³/mol. The molecule has 0 bridgehead atoms. The van der Waals surface area contributed by atoms with Gasteiger partial charge in [0.2, 0.25) is 5.91 Å². The van der Waals surface area contributed by atoms with Gasteiger partial charge in [0.1, 0.15) is 0 Å². The maximum absolute atomic E-state index is 12.3. The Balaban J connectivity index is 2.10. The molecule has 0 saturated carbocycles. The number of ether oxygens (including phenoxy) is 1. The highest BCUT2D eigenvalue weighted by atomic mass is 16.5. The molecule has 3 atom stereocenters.